The van der Waals surface area contributed by atoms with Gasteiger partial charge in [-0.1, -0.05) is 30.3 Å². The van der Waals surface area contributed by atoms with Crippen LogP contribution in [0, 0.1) is 0 Å². The fraction of sp³-hybridized carbons (Fsp3) is 0.364. The Hall–Kier alpha value is -1.36. The van der Waals surface area contributed by atoms with E-state index in [4.69, 9.17) is 0 Å². The first-order valence-electron chi connectivity index (χ1n) is 4.92. The Balaban J connectivity index is 2.54. The van der Waals surface area contributed by atoms with Gasteiger partial charge in [-0.25, -0.2) is 8.42 Å². The number of nitrogens with one attached hydrogen (secondary N) is 1. The normalized spacial score (nSPS) is 13.1. The lowest BCUT2D eigenvalue weighted by Gasteiger charge is -2.10. The molecule has 1 amide bonds. The lowest BCUT2D eigenvalue weighted by molar-refractivity contribution is -0.120. The van der Waals surface area contributed by atoms with E-state index < -0.39 is 21.0 Å². The third kappa shape index (κ3) is 3.66. The molecule has 0 fully saturated rings. The molecule has 1 rings (SSSR count). The highest BCUT2D eigenvalue weighted by Gasteiger charge is 2.22. The summed E-state index contributed by atoms with van der Waals surface area (Å²) in [5, 5.41) is 1.58. The van der Waals surface area contributed by atoms with Crippen LogP contribution in [0.15, 0.2) is 30.3 Å². The third-order valence-electron chi connectivity index (χ3n) is 2.32. The number of carbonyl (C=O) groups excluding carboxylic acids is 1. The fourth-order valence-corrected chi connectivity index (χ4v) is 1.60. The van der Waals surface area contributed by atoms with Crippen LogP contribution < -0.4 is 5.32 Å². The van der Waals surface area contributed by atoms with Gasteiger partial charge >= 0.3 is 0 Å². The molecule has 0 aromatic heterocycles. The lowest BCUT2D eigenvalue weighted by atomic mass is 10.2. The molecule has 0 heterocycles. The zero-order valence-corrected chi connectivity index (χ0v) is 10.1. The monoisotopic (exact) mass is 241 g/mol. The molecule has 0 unspecified atom stereocenters. The minimum Gasteiger partial charge on any atom is -0.351 e. The fourth-order valence-electron chi connectivity index (χ4n) is 1.12. The van der Waals surface area contributed by atoms with Gasteiger partial charge in [-0.3, -0.25) is 4.79 Å². The van der Waals surface area contributed by atoms with Crippen LogP contribution >= 0.6 is 0 Å². The van der Waals surface area contributed by atoms with Gasteiger partial charge in [0, 0.05) is 12.8 Å². The Morgan fingerprint density at radius 2 is 1.88 bits per heavy atom. The number of sulfone groups is 1. The second kappa shape index (κ2) is 5.12. The molecule has 1 aromatic rings. The Kier molecular flexibility index (Phi) is 4.06. The van der Waals surface area contributed by atoms with E-state index in [1.807, 2.05) is 30.3 Å². The molecule has 0 radical (unpaired) electrons. The second-order valence-electron chi connectivity index (χ2n) is 3.68. The van der Waals surface area contributed by atoms with E-state index in [-0.39, 0.29) is 0 Å². The van der Waals surface area contributed by atoms with Gasteiger partial charge in [0.25, 0.3) is 0 Å². The van der Waals surface area contributed by atoms with E-state index in [1.54, 1.807) is 0 Å². The van der Waals surface area contributed by atoms with Crippen LogP contribution in [0.25, 0.3) is 0 Å². The maximum Gasteiger partial charge on any atom is 0.238 e. The van der Waals surface area contributed by atoms with Gasteiger partial charge in [0.1, 0.15) is 5.25 Å². The molecular formula is C11H15NO3S. The van der Waals surface area contributed by atoms with Crippen LogP contribution in [-0.2, 0) is 21.2 Å². The molecule has 88 valence electrons. The van der Waals surface area contributed by atoms with Crippen molar-refractivity contribution in [2.75, 3.05) is 6.26 Å². The van der Waals surface area contributed by atoms with Crippen molar-refractivity contribution in [1.29, 1.82) is 0 Å². The molecule has 1 N–H and O–H groups in total. The van der Waals surface area contributed by atoms with E-state index in [0.29, 0.717) is 6.54 Å². The van der Waals surface area contributed by atoms with Crippen molar-refractivity contribution >= 4 is 15.7 Å². The van der Waals surface area contributed by atoms with Crippen molar-refractivity contribution < 1.29 is 13.2 Å². The smallest absolute Gasteiger partial charge is 0.238 e. The van der Waals surface area contributed by atoms with Crippen LogP contribution in [0.3, 0.4) is 0 Å². The highest BCUT2D eigenvalue weighted by molar-refractivity contribution is 7.92. The number of carbonyl (C=O) groups is 1. The van der Waals surface area contributed by atoms with E-state index in [2.05, 4.69) is 5.32 Å². The van der Waals surface area contributed by atoms with Crippen LogP contribution in [0.1, 0.15) is 12.5 Å². The average Bonchev–Trinajstić information content (AvgIpc) is 2.25. The topological polar surface area (TPSA) is 63.2 Å². The number of amides is 1. The van der Waals surface area contributed by atoms with Crippen LogP contribution in [0.4, 0.5) is 0 Å². The van der Waals surface area contributed by atoms with Crippen molar-refractivity contribution in [3.05, 3.63) is 35.9 Å². The summed E-state index contributed by atoms with van der Waals surface area (Å²) in [7, 11) is -3.32. The molecule has 1 aromatic carbocycles. The molecule has 0 bridgehead atoms. The number of hydrogen-bond donors (Lipinski definition) is 1. The van der Waals surface area contributed by atoms with Gasteiger partial charge in [0.2, 0.25) is 5.91 Å². The van der Waals surface area contributed by atoms with Crippen molar-refractivity contribution in [3.8, 4) is 0 Å². The zero-order valence-electron chi connectivity index (χ0n) is 9.30. The van der Waals surface area contributed by atoms with E-state index in [1.165, 1.54) is 6.92 Å². The Morgan fingerprint density at radius 1 is 1.31 bits per heavy atom. The van der Waals surface area contributed by atoms with Crippen molar-refractivity contribution in [1.82, 2.24) is 5.32 Å². The Labute approximate surface area is 95.6 Å². The van der Waals surface area contributed by atoms with Crippen LogP contribution in [0.2, 0.25) is 0 Å². The average molecular weight is 241 g/mol. The van der Waals surface area contributed by atoms with Gasteiger partial charge < -0.3 is 5.32 Å². The quantitative estimate of drug-likeness (QED) is 0.845. The predicted octanol–water partition coefficient (Wildman–Crippen LogP) is 0.736. The van der Waals surface area contributed by atoms with Crippen LogP contribution in [0.5, 0.6) is 0 Å². The second-order valence-corrected chi connectivity index (χ2v) is 6.04. The van der Waals surface area contributed by atoms with Crippen molar-refractivity contribution in [2.45, 2.75) is 18.7 Å². The third-order valence-corrected chi connectivity index (χ3v) is 3.82. The highest BCUT2D eigenvalue weighted by Crippen LogP contribution is 2.00. The number of rotatable bonds is 4. The molecule has 0 aliphatic heterocycles. The first-order valence-corrected chi connectivity index (χ1v) is 6.87. The van der Waals surface area contributed by atoms with E-state index in [9.17, 15) is 13.2 Å². The van der Waals surface area contributed by atoms with Gasteiger partial charge in [-0.05, 0) is 12.5 Å². The molecule has 0 saturated carbocycles. The molecule has 1 atom stereocenters. The largest absolute Gasteiger partial charge is 0.351 e. The molecule has 16 heavy (non-hydrogen) atoms. The SMILES string of the molecule is C[C@@H](C(=O)NCc1ccccc1)S(C)(=O)=O. The summed E-state index contributed by atoms with van der Waals surface area (Å²) in [6.07, 6.45) is 1.06. The summed E-state index contributed by atoms with van der Waals surface area (Å²) in [5.74, 6) is -0.466. The maximum atomic E-state index is 11.5. The molecule has 0 saturated heterocycles. The summed E-state index contributed by atoms with van der Waals surface area (Å²) < 4.78 is 22.2. The molecule has 4 nitrogen and oxygen atoms in total. The minimum atomic E-state index is -3.32. The molecular weight excluding hydrogens is 226 g/mol. The standard InChI is InChI=1S/C11H15NO3S/c1-9(16(2,14)15)11(13)12-8-10-6-4-3-5-7-10/h3-7,9H,8H2,1-2H3,(H,12,13)/t9-/m0/s1. The Bertz CT molecular complexity index is 453. The summed E-state index contributed by atoms with van der Waals surface area (Å²) in [5.41, 5.74) is 0.941. The number of benzene rings is 1. The number of hydrogen-bond acceptors (Lipinski definition) is 3. The van der Waals surface area contributed by atoms with Gasteiger partial charge in [-0.15, -0.1) is 0 Å². The summed E-state index contributed by atoms with van der Waals surface area (Å²) in [6, 6.07) is 9.34. The highest BCUT2D eigenvalue weighted by atomic mass is 32.2. The lowest BCUT2D eigenvalue weighted by Crippen LogP contribution is -2.36. The summed E-state index contributed by atoms with van der Waals surface area (Å²) in [6.45, 7) is 1.73. The van der Waals surface area contributed by atoms with Crippen molar-refractivity contribution in [3.63, 3.8) is 0 Å². The first-order chi connectivity index (χ1) is 7.41. The predicted molar refractivity (Wildman–Crippen MR) is 62.6 cm³/mol. The van der Waals surface area contributed by atoms with Gasteiger partial charge in [0.15, 0.2) is 9.84 Å². The molecule has 0 aliphatic rings. The van der Waals surface area contributed by atoms with E-state index >= 15 is 0 Å². The Morgan fingerprint density at radius 3 is 2.38 bits per heavy atom. The summed E-state index contributed by atoms with van der Waals surface area (Å²) >= 11 is 0. The maximum absolute atomic E-state index is 11.5. The molecule has 0 spiro atoms. The van der Waals surface area contributed by atoms with E-state index in [0.717, 1.165) is 11.8 Å². The van der Waals surface area contributed by atoms with Gasteiger partial charge in [0.05, 0.1) is 0 Å². The minimum absolute atomic E-state index is 0.347. The zero-order chi connectivity index (χ0) is 12.2. The van der Waals surface area contributed by atoms with Gasteiger partial charge in [-0.2, -0.15) is 0 Å². The first kappa shape index (κ1) is 12.7. The van der Waals surface area contributed by atoms with Crippen LogP contribution in [-0.4, -0.2) is 25.8 Å². The molecule has 5 heteroatoms. The summed E-state index contributed by atoms with van der Waals surface area (Å²) in [4.78, 5) is 11.5. The van der Waals surface area contributed by atoms with Crippen molar-refractivity contribution in [2.24, 2.45) is 0 Å². The molecule has 0 aliphatic carbocycles.